The van der Waals surface area contributed by atoms with Crippen molar-refractivity contribution < 1.29 is 4.74 Å². The highest BCUT2D eigenvalue weighted by Crippen LogP contribution is 2.33. The molecule has 0 atom stereocenters. The second-order valence-electron chi connectivity index (χ2n) is 3.05. The van der Waals surface area contributed by atoms with Crippen molar-refractivity contribution in [2.45, 2.75) is 0 Å². The van der Waals surface area contributed by atoms with E-state index >= 15 is 0 Å². The monoisotopic (exact) mass is 254 g/mol. The normalized spacial score (nSPS) is 10.1. The largest absolute Gasteiger partial charge is 0.437 e. The van der Waals surface area contributed by atoms with Gasteiger partial charge in [0.15, 0.2) is 0 Å². The highest BCUT2D eigenvalue weighted by atomic mass is 35.5. The summed E-state index contributed by atoms with van der Waals surface area (Å²) in [6.07, 6.45) is 0. The number of nitrogens with two attached hydrogens (primary N) is 1. The van der Waals surface area contributed by atoms with Gasteiger partial charge in [-0.1, -0.05) is 35.3 Å². The molecule has 2 rings (SSSR count). The second-order valence-corrected chi connectivity index (χ2v) is 3.84. The number of aromatic nitrogens is 1. The fourth-order valence-corrected chi connectivity index (χ4v) is 1.49. The Morgan fingerprint density at radius 3 is 2.56 bits per heavy atom. The predicted molar refractivity (Wildman–Crippen MR) is 65.2 cm³/mol. The van der Waals surface area contributed by atoms with E-state index in [-0.39, 0.29) is 0 Å². The number of benzene rings is 1. The van der Waals surface area contributed by atoms with Crippen LogP contribution in [0.3, 0.4) is 0 Å². The van der Waals surface area contributed by atoms with Crippen LogP contribution in [0.25, 0.3) is 0 Å². The van der Waals surface area contributed by atoms with Crippen LogP contribution < -0.4 is 10.5 Å². The van der Waals surface area contributed by atoms with E-state index in [0.29, 0.717) is 27.5 Å². The smallest absolute Gasteiger partial charge is 0.221 e. The zero-order chi connectivity index (χ0) is 11.5. The molecule has 0 spiro atoms. The van der Waals surface area contributed by atoms with Crippen LogP contribution in [-0.4, -0.2) is 4.98 Å². The molecule has 2 aromatic rings. The first-order valence-electron chi connectivity index (χ1n) is 4.51. The van der Waals surface area contributed by atoms with Crippen molar-refractivity contribution in [3.63, 3.8) is 0 Å². The molecular weight excluding hydrogens is 247 g/mol. The number of halogens is 2. The molecule has 5 heteroatoms. The van der Waals surface area contributed by atoms with Gasteiger partial charge in [0.2, 0.25) is 5.88 Å². The van der Waals surface area contributed by atoms with E-state index in [1.165, 1.54) is 0 Å². The van der Waals surface area contributed by atoms with Crippen molar-refractivity contribution in [1.29, 1.82) is 0 Å². The minimum Gasteiger partial charge on any atom is -0.437 e. The van der Waals surface area contributed by atoms with E-state index in [4.69, 9.17) is 33.7 Å². The lowest BCUT2D eigenvalue weighted by molar-refractivity contribution is 0.464. The molecule has 1 aromatic carbocycles. The summed E-state index contributed by atoms with van der Waals surface area (Å²) in [6.45, 7) is 0. The van der Waals surface area contributed by atoms with E-state index in [1.54, 1.807) is 36.4 Å². The molecule has 1 aromatic heterocycles. The standard InChI is InChI=1S/C11H8Cl2N2O/c12-7-3-1-4-8(11(7)13)16-10-6-2-5-9(14)15-10/h1-6H,(H2,14,15). The van der Waals surface area contributed by atoms with Gasteiger partial charge in [-0.2, -0.15) is 4.98 Å². The first-order chi connectivity index (χ1) is 7.66. The third-order valence-corrected chi connectivity index (χ3v) is 2.68. The van der Waals surface area contributed by atoms with E-state index in [2.05, 4.69) is 4.98 Å². The Morgan fingerprint density at radius 2 is 1.81 bits per heavy atom. The van der Waals surface area contributed by atoms with Gasteiger partial charge >= 0.3 is 0 Å². The summed E-state index contributed by atoms with van der Waals surface area (Å²) in [5.41, 5.74) is 5.53. The van der Waals surface area contributed by atoms with Gasteiger partial charge in [-0.25, -0.2) is 0 Å². The molecule has 0 saturated heterocycles. The highest BCUT2D eigenvalue weighted by molar-refractivity contribution is 6.42. The SMILES string of the molecule is Nc1cccc(Oc2cccc(Cl)c2Cl)n1. The van der Waals surface area contributed by atoms with Gasteiger partial charge in [0, 0.05) is 6.07 Å². The average molecular weight is 255 g/mol. The highest BCUT2D eigenvalue weighted by Gasteiger charge is 2.07. The van der Waals surface area contributed by atoms with Crippen molar-refractivity contribution in [3.8, 4) is 11.6 Å². The summed E-state index contributed by atoms with van der Waals surface area (Å²) in [6, 6.07) is 10.2. The van der Waals surface area contributed by atoms with Gasteiger partial charge in [-0.15, -0.1) is 0 Å². The van der Waals surface area contributed by atoms with E-state index in [9.17, 15) is 0 Å². The number of hydrogen-bond donors (Lipinski definition) is 1. The predicted octanol–water partition coefficient (Wildman–Crippen LogP) is 3.76. The lowest BCUT2D eigenvalue weighted by Crippen LogP contribution is -1.93. The third-order valence-electron chi connectivity index (χ3n) is 1.88. The number of nitrogen functional groups attached to an aromatic ring is 1. The first kappa shape index (κ1) is 11.0. The van der Waals surface area contributed by atoms with Crippen LogP contribution in [0.15, 0.2) is 36.4 Å². The van der Waals surface area contributed by atoms with Crippen LogP contribution in [0.1, 0.15) is 0 Å². The summed E-state index contributed by atoms with van der Waals surface area (Å²) < 4.78 is 5.46. The van der Waals surface area contributed by atoms with Crippen LogP contribution in [0.2, 0.25) is 10.0 Å². The molecule has 0 fully saturated rings. The number of ether oxygens (including phenoxy) is 1. The summed E-state index contributed by atoms with van der Waals surface area (Å²) in [7, 11) is 0. The molecule has 0 unspecified atom stereocenters. The average Bonchev–Trinajstić information content (AvgIpc) is 2.25. The quantitative estimate of drug-likeness (QED) is 0.888. The van der Waals surface area contributed by atoms with Crippen molar-refractivity contribution in [2.24, 2.45) is 0 Å². The number of rotatable bonds is 2. The van der Waals surface area contributed by atoms with E-state index in [0.717, 1.165) is 0 Å². The number of anilines is 1. The van der Waals surface area contributed by atoms with Crippen LogP contribution >= 0.6 is 23.2 Å². The van der Waals surface area contributed by atoms with Crippen molar-refractivity contribution in [3.05, 3.63) is 46.4 Å². The minimum absolute atomic E-state index is 0.355. The maximum absolute atomic E-state index is 5.97. The minimum atomic E-state index is 0.355. The Morgan fingerprint density at radius 1 is 1.06 bits per heavy atom. The van der Waals surface area contributed by atoms with Gasteiger partial charge in [0.1, 0.15) is 16.6 Å². The summed E-state index contributed by atoms with van der Waals surface area (Å²) in [4.78, 5) is 3.99. The molecule has 0 amide bonds. The van der Waals surface area contributed by atoms with E-state index < -0.39 is 0 Å². The molecule has 82 valence electrons. The second kappa shape index (κ2) is 4.60. The van der Waals surface area contributed by atoms with Gasteiger partial charge in [0.05, 0.1) is 5.02 Å². The summed E-state index contributed by atoms with van der Waals surface area (Å²) in [5.74, 6) is 1.21. The molecule has 0 bridgehead atoms. The molecule has 0 aliphatic carbocycles. The fourth-order valence-electron chi connectivity index (χ4n) is 1.16. The molecule has 0 aliphatic rings. The first-order valence-corrected chi connectivity index (χ1v) is 5.27. The lowest BCUT2D eigenvalue weighted by Gasteiger charge is -2.07. The zero-order valence-corrected chi connectivity index (χ0v) is 9.66. The van der Waals surface area contributed by atoms with Crippen molar-refractivity contribution >= 4 is 29.0 Å². The van der Waals surface area contributed by atoms with Crippen molar-refractivity contribution in [1.82, 2.24) is 4.98 Å². The molecule has 2 N–H and O–H groups in total. The number of nitrogens with zero attached hydrogens (tertiary/aromatic N) is 1. The van der Waals surface area contributed by atoms with Crippen molar-refractivity contribution in [2.75, 3.05) is 5.73 Å². The summed E-state index contributed by atoms with van der Waals surface area (Å²) >= 11 is 11.8. The van der Waals surface area contributed by atoms with Gasteiger partial charge in [-0.3, -0.25) is 0 Å². The lowest BCUT2D eigenvalue weighted by atomic mass is 10.3. The molecule has 0 saturated carbocycles. The third kappa shape index (κ3) is 2.38. The molecule has 0 radical (unpaired) electrons. The topological polar surface area (TPSA) is 48.1 Å². The molecule has 16 heavy (non-hydrogen) atoms. The van der Waals surface area contributed by atoms with Gasteiger partial charge < -0.3 is 10.5 Å². The van der Waals surface area contributed by atoms with Crippen LogP contribution in [0.5, 0.6) is 11.6 Å². The van der Waals surface area contributed by atoms with Crippen LogP contribution in [-0.2, 0) is 0 Å². The Hall–Kier alpha value is -1.45. The maximum atomic E-state index is 5.97. The zero-order valence-electron chi connectivity index (χ0n) is 8.15. The Balaban J connectivity index is 2.31. The van der Waals surface area contributed by atoms with Gasteiger partial charge in [0.25, 0.3) is 0 Å². The van der Waals surface area contributed by atoms with Crippen LogP contribution in [0.4, 0.5) is 5.82 Å². The van der Waals surface area contributed by atoms with E-state index in [1.807, 2.05) is 0 Å². The fraction of sp³-hybridized carbons (Fsp3) is 0. The Bertz CT molecular complexity index is 517. The number of hydrogen-bond acceptors (Lipinski definition) is 3. The molecular formula is C11H8Cl2N2O. The van der Waals surface area contributed by atoms with Crippen LogP contribution in [0, 0.1) is 0 Å². The maximum Gasteiger partial charge on any atom is 0.221 e. The Kier molecular flexibility index (Phi) is 3.17. The molecule has 3 nitrogen and oxygen atoms in total. The molecule has 1 heterocycles. The molecule has 0 aliphatic heterocycles. The summed E-state index contributed by atoms with van der Waals surface area (Å²) in [5, 5.41) is 0.788. The van der Waals surface area contributed by atoms with Gasteiger partial charge in [-0.05, 0) is 18.2 Å². The Labute approximate surface area is 103 Å². The number of pyridine rings is 1.